The van der Waals surface area contributed by atoms with Gasteiger partial charge in [-0.15, -0.1) is 5.01 Å². The van der Waals surface area contributed by atoms with E-state index in [9.17, 15) is 19.9 Å². The van der Waals surface area contributed by atoms with Crippen LogP contribution in [0.4, 0.5) is 4.79 Å². The van der Waals surface area contributed by atoms with Gasteiger partial charge in [-0.3, -0.25) is 4.84 Å². The Morgan fingerprint density at radius 3 is 2.41 bits per heavy atom. The summed E-state index contributed by atoms with van der Waals surface area (Å²) >= 11 is 0. The van der Waals surface area contributed by atoms with Crippen molar-refractivity contribution in [3.05, 3.63) is 5.21 Å². The quantitative estimate of drug-likeness (QED) is 0.224. The number of carboxylic acid groups (broad SMARTS) is 1. The summed E-state index contributed by atoms with van der Waals surface area (Å²) in [6.07, 6.45) is -1.55. The van der Waals surface area contributed by atoms with Crippen molar-refractivity contribution in [2.45, 2.75) is 46.4 Å². The van der Waals surface area contributed by atoms with Gasteiger partial charge in [-0.05, 0) is 12.8 Å². The second-order valence-corrected chi connectivity index (χ2v) is 4.55. The van der Waals surface area contributed by atoms with Gasteiger partial charge in [0, 0.05) is 6.92 Å². The molecule has 1 unspecified atom stereocenters. The van der Waals surface area contributed by atoms with Gasteiger partial charge in [0.05, 0.1) is 18.6 Å². The minimum Gasteiger partial charge on any atom is -0.569 e. The van der Waals surface area contributed by atoms with Gasteiger partial charge in [0.25, 0.3) is 6.29 Å². The van der Waals surface area contributed by atoms with E-state index in [1.54, 1.807) is 13.8 Å². The molecule has 0 aliphatic carbocycles. The molecule has 0 aromatic rings. The van der Waals surface area contributed by atoms with E-state index in [1.807, 2.05) is 6.92 Å². The summed E-state index contributed by atoms with van der Waals surface area (Å²) in [7, 11) is 1.28. The average molecular weight is 321 g/mol. The Hall–Kier alpha value is -2.26. The van der Waals surface area contributed by atoms with Gasteiger partial charge in [-0.1, -0.05) is 20.3 Å². The summed E-state index contributed by atoms with van der Waals surface area (Å²) in [5.74, 6) is -1.42. The van der Waals surface area contributed by atoms with Crippen LogP contribution in [0.25, 0.3) is 0 Å². The van der Waals surface area contributed by atoms with E-state index < -0.39 is 24.5 Å². The molecule has 0 heterocycles. The molecule has 0 saturated carbocycles. The minimum absolute atomic E-state index is 0.00401. The molecule has 128 valence electrons. The molecule has 0 saturated heterocycles. The number of hydrogen-bond acceptors (Lipinski definition) is 7. The fourth-order valence-electron chi connectivity index (χ4n) is 1.57. The monoisotopic (exact) mass is 321 g/mol. The van der Waals surface area contributed by atoms with Crippen molar-refractivity contribution in [3.8, 4) is 0 Å². The summed E-state index contributed by atoms with van der Waals surface area (Å²) in [4.78, 5) is 26.9. The molecule has 0 bridgehead atoms. The first kappa shape index (κ1) is 19.7. The average Bonchev–Trinajstić information content (AvgIpc) is 2.44. The molecule has 0 rings (SSSR count). The Morgan fingerprint density at radius 2 is 1.95 bits per heavy atom. The topological polar surface area (TPSA) is 124 Å². The normalized spacial score (nSPS) is 15.4. The first-order valence-electron chi connectivity index (χ1n) is 6.87. The highest BCUT2D eigenvalue weighted by Crippen LogP contribution is 2.14. The van der Waals surface area contributed by atoms with Crippen LogP contribution in [-0.2, 0) is 19.1 Å². The third kappa shape index (κ3) is 6.46. The van der Waals surface area contributed by atoms with Crippen molar-refractivity contribution in [2.75, 3.05) is 13.7 Å². The van der Waals surface area contributed by atoms with Gasteiger partial charge >= 0.3 is 12.1 Å². The summed E-state index contributed by atoms with van der Waals surface area (Å²) in [6, 6.07) is -1.06. The predicted octanol–water partition coefficient (Wildman–Crippen LogP) is 1.75. The molecule has 0 fully saturated rings. The smallest absolute Gasteiger partial charge is 0.511 e. The van der Waals surface area contributed by atoms with Crippen molar-refractivity contribution in [1.82, 2.24) is 5.01 Å². The van der Waals surface area contributed by atoms with Crippen LogP contribution in [0.1, 0.15) is 34.1 Å². The fraction of sp³-hybridized carbons (Fsp3) is 0.833. The number of carbonyl (C=O) groups excluding carboxylic acids is 1. The summed E-state index contributed by atoms with van der Waals surface area (Å²) in [5.41, 5.74) is 0. The van der Waals surface area contributed by atoms with E-state index in [2.05, 4.69) is 19.6 Å². The highest BCUT2D eigenvalue weighted by molar-refractivity contribution is 5.73. The van der Waals surface area contributed by atoms with E-state index in [1.165, 1.54) is 14.0 Å². The lowest BCUT2D eigenvalue weighted by Gasteiger charge is -2.24. The van der Waals surface area contributed by atoms with E-state index in [0.717, 1.165) is 5.01 Å². The molecular weight excluding hydrogens is 298 g/mol. The zero-order chi connectivity index (χ0) is 17.3. The van der Waals surface area contributed by atoms with E-state index in [0.29, 0.717) is 6.42 Å². The number of nitrogens with zero attached hydrogens (tertiary/aromatic N) is 3. The SMILES string of the molecule is CCOC(=O)OC(C)ON=[N+]([O-])N(C)[C@H](C(=O)O)[C@H](C)CC. The molecule has 10 heteroatoms. The first-order valence-corrected chi connectivity index (χ1v) is 6.87. The number of ether oxygens (including phenoxy) is 2. The Balaban J connectivity index is 4.68. The van der Waals surface area contributed by atoms with Gasteiger partial charge < -0.3 is 19.8 Å². The maximum atomic E-state index is 11.7. The van der Waals surface area contributed by atoms with Gasteiger partial charge in [-0.25, -0.2) is 9.59 Å². The van der Waals surface area contributed by atoms with E-state index >= 15 is 0 Å². The Labute approximate surface area is 128 Å². The molecule has 0 aromatic carbocycles. The van der Waals surface area contributed by atoms with Crippen LogP contribution in [-0.4, -0.2) is 53.2 Å². The second kappa shape index (κ2) is 9.64. The van der Waals surface area contributed by atoms with E-state index in [-0.39, 0.29) is 17.5 Å². The molecule has 3 atom stereocenters. The van der Waals surface area contributed by atoms with Crippen molar-refractivity contribution in [1.29, 1.82) is 0 Å². The molecular formula is C12H23N3O7. The maximum Gasteiger partial charge on any atom is 0.511 e. The third-order valence-electron chi connectivity index (χ3n) is 2.90. The van der Waals surface area contributed by atoms with Crippen molar-refractivity contribution in [3.63, 3.8) is 0 Å². The number of aliphatic carboxylic acids is 1. The highest BCUT2D eigenvalue weighted by Gasteiger charge is 2.33. The minimum atomic E-state index is -1.16. The molecule has 22 heavy (non-hydrogen) atoms. The van der Waals surface area contributed by atoms with Crippen molar-refractivity contribution in [2.24, 2.45) is 11.2 Å². The Kier molecular flexibility index (Phi) is 8.65. The molecule has 0 amide bonds. The zero-order valence-electron chi connectivity index (χ0n) is 13.4. The number of hydrogen-bond donors (Lipinski definition) is 1. The second-order valence-electron chi connectivity index (χ2n) is 4.55. The predicted molar refractivity (Wildman–Crippen MR) is 73.4 cm³/mol. The maximum absolute atomic E-state index is 11.7. The molecule has 0 radical (unpaired) electrons. The molecule has 0 aliphatic rings. The van der Waals surface area contributed by atoms with Crippen LogP contribution >= 0.6 is 0 Å². The number of carbonyl (C=O) groups is 2. The largest absolute Gasteiger partial charge is 0.569 e. The lowest BCUT2D eigenvalue weighted by molar-refractivity contribution is -0.713. The zero-order valence-corrected chi connectivity index (χ0v) is 13.4. The molecule has 0 spiro atoms. The van der Waals surface area contributed by atoms with Crippen LogP contribution in [0.3, 0.4) is 0 Å². The number of rotatable bonds is 9. The summed E-state index contributed by atoms with van der Waals surface area (Å²) in [5, 5.41) is 25.0. The summed E-state index contributed by atoms with van der Waals surface area (Å²) < 4.78 is 9.14. The fourth-order valence-corrected chi connectivity index (χ4v) is 1.57. The van der Waals surface area contributed by atoms with Crippen molar-refractivity contribution < 1.29 is 34.0 Å². The number of carboxylic acids is 1. The van der Waals surface area contributed by atoms with Gasteiger partial charge in [-0.2, -0.15) is 0 Å². The van der Waals surface area contributed by atoms with Crippen LogP contribution in [0.5, 0.6) is 0 Å². The summed E-state index contributed by atoms with van der Waals surface area (Å²) in [6.45, 7) is 6.58. The van der Waals surface area contributed by atoms with Crippen LogP contribution in [0, 0.1) is 11.1 Å². The van der Waals surface area contributed by atoms with Crippen LogP contribution < -0.4 is 0 Å². The molecule has 1 N–H and O–H groups in total. The highest BCUT2D eigenvalue weighted by atomic mass is 16.8. The van der Waals surface area contributed by atoms with Gasteiger partial charge in [0.2, 0.25) is 5.28 Å². The third-order valence-corrected chi connectivity index (χ3v) is 2.90. The molecule has 10 nitrogen and oxygen atoms in total. The Bertz CT molecular complexity index is 402. The lowest BCUT2D eigenvalue weighted by atomic mass is 9.99. The molecule has 0 aromatic heterocycles. The lowest BCUT2D eigenvalue weighted by Crippen LogP contribution is -2.46. The number of hydrazine groups is 1. The van der Waals surface area contributed by atoms with Crippen LogP contribution in [0.15, 0.2) is 5.28 Å². The molecule has 0 aliphatic heterocycles. The van der Waals surface area contributed by atoms with Crippen LogP contribution in [0.2, 0.25) is 0 Å². The Morgan fingerprint density at radius 1 is 1.36 bits per heavy atom. The van der Waals surface area contributed by atoms with Crippen molar-refractivity contribution >= 4 is 12.1 Å². The van der Waals surface area contributed by atoms with E-state index in [4.69, 9.17) is 0 Å². The van der Waals surface area contributed by atoms with Gasteiger partial charge in [0.15, 0.2) is 6.04 Å². The number of likely N-dealkylation sites (N-methyl/N-ethyl adjacent to an activating group) is 1. The standard InChI is InChI=1S/C12H23N3O7/c1-6-8(3)10(11(16)17)14(5)15(19)13-22-9(4)21-12(18)20-7-2/h8-10H,6-7H2,1-5H3,(H,16,17)/t8-,9?,10+/m1/s1. The van der Waals surface area contributed by atoms with Gasteiger partial charge in [0.1, 0.15) is 0 Å². The first-order chi connectivity index (χ1) is 10.2.